The van der Waals surface area contributed by atoms with E-state index in [1.165, 1.54) is 12.1 Å². The molecule has 0 bridgehead atoms. The molecule has 1 atom stereocenters. The van der Waals surface area contributed by atoms with Crippen LogP contribution in [0.25, 0.3) is 0 Å². The molecule has 1 aromatic heterocycles. The number of nitrogens with one attached hydrogen (secondary N) is 3. The highest BCUT2D eigenvalue weighted by molar-refractivity contribution is 5.94. The molecule has 2 aromatic rings. The molecule has 3 heterocycles. The number of carbonyl (C=O) groups excluding carboxylic acids is 1. The summed E-state index contributed by atoms with van der Waals surface area (Å²) in [6.45, 7) is 2.05. The first-order chi connectivity index (χ1) is 11.7. The zero-order chi connectivity index (χ0) is 16.5. The number of nitrogens with zero attached hydrogens (tertiary/aromatic N) is 1. The highest BCUT2D eigenvalue weighted by atomic mass is 19.1. The highest BCUT2D eigenvalue weighted by Crippen LogP contribution is 2.32. The van der Waals surface area contributed by atoms with Crippen molar-refractivity contribution in [3.8, 4) is 5.75 Å². The summed E-state index contributed by atoms with van der Waals surface area (Å²) in [6, 6.07) is 4.25. The number of rotatable bonds is 2. The second-order valence-corrected chi connectivity index (χ2v) is 6.15. The molecule has 0 radical (unpaired) electrons. The average molecular weight is 330 g/mol. The van der Waals surface area contributed by atoms with Crippen molar-refractivity contribution in [3.63, 3.8) is 0 Å². The zero-order valence-corrected chi connectivity index (χ0v) is 13.2. The van der Waals surface area contributed by atoms with E-state index >= 15 is 0 Å². The van der Waals surface area contributed by atoms with Gasteiger partial charge < -0.3 is 15.4 Å². The number of ether oxygens (including phenoxy) is 1. The van der Waals surface area contributed by atoms with E-state index in [1.807, 2.05) is 0 Å². The van der Waals surface area contributed by atoms with Crippen LogP contribution in [0.15, 0.2) is 18.2 Å². The summed E-state index contributed by atoms with van der Waals surface area (Å²) in [4.78, 5) is 12.7. The molecule has 0 aliphatic carbocycles. The Morgan fingerprint density at radius 1 is 1.42 bits per heavy atom. The van der Waals surface area contributed by atoms with Gasteiger partial charge in [0.25, 0.3) is 5.91 Å². The number of amides is 1. The fraction of sp³-hybridized carbons (Fsp3) is 0.412. The number of carbonyl (C=O) groups is 1. The molecule has 4 rings (SSSR count). The number of hydrogen-bond acceptors (Lipinski definition) is 4. The van der Waals surface area contributed by atoms with E-state index in [1.54, 1.807) is 6.07 Å². The molecule has 0 spiro atoms. The predicted molar refractivity (Wildman–Crippen MR) is 85.3 cm³/mol. The van der Waals surface area contributed by atoms with Crippen LogP contribution in [0.1, 0.15) is 46.2 Å². The molecule has 1 amide bonds. The third-order valence-corrected chi connectivity index (χ3v) is 4.57. The van der Waals surface area contributed by atoms with Crippen molar-refractivity contribution in [3.05, 3.63) is 46.5 Å². The quantitative estimate of drug-likeness (QED) is 0.785. The van der Waals surface area contributed by atoms with E-state index < -0.39 is 0 Å². The zero-order valence-electron chi connectivity index (χ0n) is 13.2. The van der Waals surface area contributed by atoms with E-state index in [0.29, 0.717) is 24.6 Å². The van der Waals surface area contributed by atoms with Crippen LogP contribution in [0.2, 0.25) is 0 Å². The van der Waals surface area contributed by atoms with Gasteiger partial charge in [0.05, 0.1) is 12.6 Å². The first-order valence-electron chi connectivity index (χ1n) is 8.22. The van der Waals surface area contributed by atoms with Crippen LogP contribution in [0.5, 0.6) is 5.75 Å². The van der Waals surface area contributed by atoms with E-state index in [-0.39, 0.29) is 17.8 Å². The molecule has 1 unspecified atom stereocenters. The Morgan fingerprint density at radius 3 is 3.25 bits per heavy atom. The summed E-state index contributed by atoms with van der Waals surface area (Å²) in [5.74, 6) is -0.0462. The lowest BCUT2D eigenvalue weighted by molar-refractivity contribution is 0.0928. The monoisotopic (exact) mass is 330 g/mol. The van der Waals surface area contributed by atoms with Crippen molar-refractivity contribution in [2.75, 3.05) is 13.2 Å². The first kappa shape index (κ1) is 15.1. The van der Waals surface area contributed by atoms with Gasteiger partial charge in [-0.2, -0.15) is 5.10 Å². The molecule has 0 fully saturated rings. The van der Waals surface area contributed by atoms with Crippen molar-refractivity contribution in [2.45, 2.75) is 31.8 Å². The Hall–Kier alpha value is -2.41. The predicted octanol–water partition coefficient (Wildman–Crippen LogP) is 1.84. The fourth-order valence-corrected chi connectivity index (χ4v) is 3.34. The molecular weight excluding hydrogens is 311 g/mol. The Bertz CT molecular complexity index is 774. The third-order valence-electron chi connectivity index (χ3n) is 4.57. The Morgan fingerprint density at radius 2 is 2.33 bits per heavy atom. The average Bonchev–Trinajstić information content (AvgIpc) is 2.92. The van der Waals surface area contributed by atoms with Crippen LogP contribution in [-0.2, 0) is 13.0 Å². The molecule has 126 valence electrons. The maximum Gasteiger partial charge on any atom is 0.272 e. The van der Waals surface area contributed by atoms with E-state index in [9.17, 15) is 9.18 Å². The molecule has 0 saturated heterocycles. The van der Waals surface area contributed by atoms with Crippen LogP contribution >= 0.6 is 0 Å². The largest absolute Gasteiger partial charge is 0.493 e. The van der Waals surface area contributed by atoms with Crippen LogP contribution in [0.3, 0.4) is 0 Å². The van der Waals surface area contributed by atoms with Crippen molar-refractivity contribution in [2.24, 2.45) is 0 Å². The van der Waals surface area contributed by atoms with Gasteiger partial charge >= 0.3 is 0 Å². The van der Waals surface area contributed by atoms with Gasteiger partial charge in [-0.1, -0.05) is 6.07 Å². The van der Waals surface area contributed by atoms with Crippen molar-refractivity contribution < 1.29 is 13.9 Å². The second kappa shape index (κ2) is 6.24. The molecule has 2 aliphatic rings. The molecule has 0 saturated carbocycles. The fourth-order valence-electron chi connectivity index (χ4n) is 3.34. The number of benzene rings is 1. The maximum absolute atomic E-state index is 13.4. The van der Waals surface area contributed by atoms with Gasteiger partial charge in [-0.15, -0.1) is 0 Å². The SMILES string of the molecule is O=C(NC1CCCOc2cc(F)ccc21)c1n[nH]c2c1CNCC2. The van der Waals surface area contributed by atoms with Crippen LogP contribution in [0.4, 0.5) is 4.39 Å². The number of aromatic nitrogens is 2. The van der Waals surface area contributed by atoms with Crippen LogP contribution in [-0.4, -0.2) is 29.3 Å². The molecule has 7 heteroatoms. The molecule has 2 aliphatic heterocycles. The van der Waals surface area contributed by atoms with Gasteiger partial charge in [0.2, 0.25) is 0 Å². The van der Waals surface area contributed by atoms with Gasteiger partial charge in [0.1, 0.15) is 11.6 Å². The normalized spacial score (nSPS) is 19.6. The van der Waals surface area contributed by atoms with Gasteiger partial charge in [-0.25, -0.2) is 4.39 Å². The minimum absolute atomic E-state index is 0.209. The summed E-state index contributed by atoms with van der Waals surface area (Å²) < 4.78 is 19.0. The topological polar surface area (TPSA) is 79.0 Å². The van der Waals surface area contributed by atoms with E-state index in [2.05, 4.69) is 20.8 Å². The number of fused-ring (bicyclic) bond motifs is 2. The first-order valence-corrected chi connectivity index (χ1v) is 8.22. The van der Waals surface area contributed by atoms with Gasteiger partial charge in [-0.3, -0.25) is 9.89 Å². The number of halogens is 1. The lowest BCUT2D eigenvalue weighted by Crippen LogP contribution is -2.31. The van der Waals surface area contributed by atoms with Crippen LogP contribution in [0, 0.1) is 5.82 Å². The number of H-pyrrole nitrogens is 1. The molecular formula is C17H19FN4O2. The van der Waals surface area contributed by atoms with Crippen molar-refractivity contribution >= 4 is 5.91 Å². The number of hydrogen-bond donors (Lipinski definition) is 3. The lowest BCUT2D eigenvalue weighted by Gasteiger charge is -2.19. The standard InChI is InChI=1S/C17H19FN4O2/c18-10-3-4-11-13(2-1-7-24-15(11)8-10)20-17(23)16-12-9-19-6-5-14(12)21-22-16/h3-4,8,13,19H,1-2,5-7,9H2,(H,20,23)(H,21,22). The minimum Gasteiger partial charge on any atom is -0.493 e. The second-order valence-electron chi connectivity index (χ2n) is 6.15. The summed E-state index contributed by atoms with van der Waals surface area (Å²) in [6.07, 6.45) is 2.38. The van der Waals surface area contributed by atoms with Crippen molar-refractivity contribution in [1.29, 1.82) is 0 Å². The Labute approximate surface area is 138 Å². The molecule has 6 nitrogen and oxygen atoms in total. The molecule has 3 N–H and O–H groups in total. The third kappa shape index (κ3) is 2.75. The maximum atomic E-state index is 13.4. The van der Waals surface area contributed by atoms with Crippen LogP contribution < -0.4 is 15.4 Å². The van der Waals surface area contributed by atoms with Gasteiger partial charge in [0.15, 0.2) is 5.69 Å². The smallest absolute Gasteiger partial charge is 0.272 e. The molecule has 24 heavy (non-hydrogen) atoms. The highest BCUT2D eigenvalue weighted by Gasteiger charge is 2.26. The van der Waals surface area contributed by atoms with Crippen molar-refractivity contribution in [1.82, 2.24) is 20.8 Å². The Balaban J connectivity index is 1.59. The summed E-state index contributed by atoms with van der Waals surface area (Å²) >= 11 is 0. The van der Waals surface area contributed by atoms with E-state index in [4.69, 9.17) is 4.74 Å². The molecule has 1 aromatic carbocycles. The Kier molecular flexibility index (Phi) is 3.93. The summed E-state index contributed by atoms with van der Waals surface area (Å²) in [5.41, 5.74) is 3.20. The lowest BCUT2D eigenvalue weighted by atomic mass is 10.0. The van der Waals surface area contributed by atoms with E-state index in [0.717, 1.165) is 42.6 Å². The summed E-state index contributed by atoms with van der Waals surface area (Å²) in [7, 11) is 0. The summed E-state index contributed by atoms with van der Waals surface area (Å²) in [5, 5.41) is 13.4. The van der Waals surface area contributed by atoms with Gasteiger partial charge in [-0.05, 0) is 18.9 Å². The minimum atomic E-state index is -0.340. The number of aromatic amines is 1. The van der Waals surface area contributed by atoms with Gasteiger partial charge in [0, 0.05) is 42.4 Å².